The summed E-state index contributed by atoms with van der Waals surface area (Å²) in [5.41, 5.74) is 0. The lowest BCUT2D eigenvalue weighted by Crippen LogP contribution is -2.40. The Bertz CT molecular complexity index is 135. The summed E-state index contributed by atoms with van der Waals surface area (Å²) >= 11 is 0. The van der Waals surface area contributed by atoms with Crippen LogP contribution >= 0.6 is 0 Å². The third kappa shape index (κ3) is 4.94. The Kier molecular flexibility index (Phi) is 6.15. The summed E-state index contributed by atoms with van der Waals surface area (Å²) in [6, 6.07) is 0.483. The molecule has 84 valence electrons. The molecule has 2 unspecified atom stereocenters. The lowest BCUT2D eigenvalue weighted by Gasteiger charge is -2.24. The first kappa shape index (κ1) is 12.0. The maximum Gasteiger partial charge on any atom is 0.0616 e. The van der Waals surface area contributed by atoms with E-state index >= 15 is 0 Å². The molecule has 0 bridgehead atoms. The molecule has 14 heavy (non-hydrogen) atoms. The molecule has 3 heteroatoms. The van der Waals surface area contributed by atoms with Gasteiger partial charge in [0.2, 0.25) is 0 Å². The van der Waals surface area contributed by atoms with Crippen LogP contribution in [0.15, 0.2) is 0 Å². The van der Waals surface area contributed by atoms with Crippen LogP contribution in [-0.2, 0) is 4.74 Å². The van der Waals surface area contributed by atoms with E-state index in [2.05, 4.69) is 17.6 Å². The predicted octanol–water partition coefficient (Wildman–Crippen LogP) is 1.00. The van der Waals surface area contributed by atoms with Crippen molar-refractivity contribution < 1.29 is 4.74 Å². The fourth-order valence-electron chi connectivity index (χ4n) is 1.82. The first-order chi connectivity index (χ1) is 6.83. The molecule has 0 aromatic rings. The highest BCUT2D eigenvalue weighted by atomic mass is 16.5. The summed E-state index contributed by atoms with van der Waals surface area (Å²) in [6.45, 7) is 9.37. The molecule has 2 atom stereocenters. The highest BCUT2D eigenvalue weighted by molar-refractivity contribution is 4.72. The molecular weight excluding hydrogens is 176 g/mol. The minimum Gasteiger partial charge on any atom is -0.380 e. The lowest BCUT2D eigenvalue weighted by molar-refractivity contribution is 0.125. The second kappa shape index (κ2) is 7.21. The number of ether oxygens (including phenoxy) is 1. The van der Waals surface area contributed by atoms with Gasteiger partial charge in [0.1, 0.15) is 0 Å². The van der Waals surface area contributed by atoms with Crippen LogP contribution in [0.2, 0.25) is 0 Å². The quantitative estimate of drug-likeness (QED) is 0.671. The van der Waals surface area contributed by atoms with Gasteiger partial charge in [0.05, 0.1) is 6.61 Å². The third-order valence-electron chi connectivity index (χ3n) is 2.73. The Balaban J connectivity index is 2.00. The second-order valence-corrected chi connectivity index (χ2v) is 4.18. The molecule has 0 amide bonds. The third-order valence-corrected chi connectivity index (χ3v) is 2.73. The Morgan fingerprint density at radius 3 is 3.07 bits per heavy atom. The maximum atomic E-state index is 5.36. The van der Waals surface area contributed by atoms with Crippen LogP contribution < -0.4 is 10.6 Å². The summed E-state index contributed by atoms with van der Waals surface area (Å²) in [7, 11) is 0. The monoisotopic (exact) mass is 200 g/mol. The minimum absolute atomic E-state index is 0.483. The first-order valence-corrected chi connectivity index (χ1v) is 5.84. The van der Waals surface area contributed by atoms with Gasteiger partial charge in [-0.3, -0.25) is 0 Å². The van der Waals surface area contributed by atoms with Crippen molar-refractivity contribution in [3.8, 4) is 0 Å². The van der Waals surface area contributed by atoms with E-state index in [0.717, 1.165) is 25.7 Å². The molecule has 3 nitrogen and oxygen atoms in total. The van der Waals surface area contributed by atoms with E-state index in [4.69, 9.17) is 4.74 Å². The van der Waals surface area contributed by atoms with Crippen LogP contribution in [-0.4, -0.2) is 38.9 Å². The van der Waals surface area contributed by atoms with Gasteiger partial charge in [0.25, 0.3) is 0 Å². The maximum absolute atomic E-state index is 5.36. The first-order valence-electron chi connectivity index (χ1n) is 5.84. The van der Waals surface area contributed by atoms with Crippen LogP contribution in [0.3, 0.4) is 0 Å². The zero-order chi connectivity index (χ0) is 10.2. The van der Waals surface area contributed by atoms with Crippen molar-refractivity contribution in [3.63, 3.8) is 0 Å². The number of piperidine rings is 1. The molecule has 1 aliphatic rings. The predicted molar refractivity (Wildman–Crippen MR) is 59.6 cm³/mol. The molecule has 1 aliphatic heterocycles. The minimum atomic E-state index is 0.483. The number of nitrogens with one attached hydrogen (secondary N) is 2. The second-order valence-electron chi connectivity index (χ2n) is 4.18. The standard InChI is InChI=1S/C11H24N2O/c1-3-14-9-10(2)13-8-11-5-4-6-12-7-11/h10-13H,3-9H2,1-2H3. The summed E-state index contributed by atoms with van der Waals surface area (Å²) in [5.74, 6) is 0.813. The highest BCUT2D eigenvalue weighted by Crippen LogP contribution is 2.08. The molecule has 1 saturated heterocycles. The molecule has 1 fully saturated rings. The van der Waals surface area contributed by atoms with Gasteiger partial charge in [0, 0.05) is 12.6 Å². The Labute approximate surface area is 87.6 Å². The van der Waals surface area contributed by atoms with Gasteiger partial charge in [-0.05, 0) is 52.2 Å². The van der Waals surface area contributed by atoms with Crippen molar-refractivity contribution >= 4 is 0 Å². The van der Waals surface area contributed by atoms with Crippen molar-refractivity contribution in [2.24, 2.45) is 5.92 Å². The van der Waals surface area contributed by atoms with Crippen LogP contribution in [0.5, 0.6) is 0 Å². The molecule has 1 rings (SSSR count). The van der Waals surface area contributed by atoms with Gasteiger partial charge in [-0.1, -0.05) is 0 Å². The molecule has 2 N–H and O–H groups in total. The lowest BCUT2D eigenvalue weighted by atomic mass is 9.99. The molecule has 0 spiro atoms. The van der Waals surface area contributed by atoms with E-state index < -0.39 is 0 Å². The van der Waals surface area contributed by atoms with Gasteiger partial charge in [-0.25, -0.2) is 0 Å². The summed E-state index contributed by atoms with van der Waals surface area (Å²) in [6.07, 6.45) is 2.69. The van der Waals surface area contributed by atoms with Gasteiger partial charge in [-0.2, -0.15) is 0 Å². The number of hydrogen-bond acceptors (Lipinski definition) is 3. The zero-order valence-electron chi connectivity index (χ0n) is 9.51. The molecule has 1 heterocycles. The van der Waals surface area contributed by atoms with E-state index in [9.17, 15) is 0 Å². The summed E-state index contributed by atoms with van der Waals surface area (Å²) in [4.78, 5) is 0. The van der Waals surface area contributed by atoms with E-state index in [1.54, 1.807) is 0 Å². The normalized spacial score (nSPS) is 24.9. The number of hydrogen-bond donors (Lipinski definition) is 2. The fourth-order valence-corrected chi connectivity index (χ4v) is 1.82. The molecule has 0 aliphatic carbocycles. The summed E-state index contributed by atoms with van der Waals surface area (Å²) < 4.78 is 5.36. The Morgan fingerprint density at radius 1 is 1.57 bits per heavy atom. The van der Waals surface area contributed by atoms with Crippen molar-refractivity contribution in [3.05, 3.63) is 0 Å². The highest BCUT2D eigenvalue weighted by Gasteiger charge is 2.13. The van der Waals surface area contributed by atoms with Crippen molar-refractivity contribution in [1.29, 1.82) is 0 Å². The SMILES string of the molecule is CCOCC(C)NCC1CCCNC1. The van der Waals surface area contributed by atoms with E-state index in [0.29, 0.717) is 6.04 Å². The van der Waals surface area contributed by atoms with Crippen LogP contribution in [0, 0.1) is 5.92 Å². The van der Waals surface area contributed by atoms with Crippen LogP contribution in [0.25, 0.3) is 0 Å². The molecule has 0 radical (unpaired) electrons. The Morgan fingerprint density at radius 2 is 2.43 bits per heavy atom. The average Bonchev–Trinajstić information content (AvgIpc) is 2.25. The largest absolute Gasteiger partial charge is 0.380 e. The summed E-state index contributed by atoms with van der Waals surface area (Å²) in [5, 5.41) is 6.95. The smallest absolute Gasteiger partial charge is 0.0616 e. The van der Waals surface area contributed by atoms with E-state index in [1.807, 2.05) is 6.92 Å². The zero-order valence-corrected chi connectivity index (χ0v) is 9.51. The van der Waals surface area contributed by atoms with Crippen LogP contribution in [0.4, 0.5) is 0 Å². The van der Waals surface area contributed by atoms with Gasteiger partial charge >= 0.3 is 0 Å². The van der Waals surface area contributed by atoms with E-state index in [-0.39, 0.29) is 0 Å². The van der Waals surface area contributed by atoms with Gasteiger partial charge in [0.15, 0.2) is 0 Å². The van der Waals surface area contributed by atoms with Crippen molar-refractivity contribution in [2.75, 3.05) is 32.8 Å². The van der Waals surface area contributed by atoms with Crippen molar-refractivity contribution in [1.82, 2.24) is 10.6 Å². The van der Waals surface area contributed by atoms with Gasteiger partial charge in [-0.15, -0.1) is 0 Å². The van der Waals surface area contributed by atoms with Crippen molar-refractivity contribution in [2.45, 2.75) is 32.7 Å². The molecule has 0 aromatic heterocycles. The molecule has 0 aromatic carbocycles. The average molecular weight is 200 g/mol. The Hall–Kier alpha value is -0.120. The number of rotatable bonds is 6. The molecular formula is C11H24N2O. The van der Waals surface area contributed by atoms with Crippen LogP contribution in [0.1, 0.15) is 26.7 Å². The van der Waals surface area contributed by atoms with E-state index in [1.165, 1.54) is 25.9 Å². The fraction of sp³-hybridized carbons (Fsp3) is 1.00. The topological polar surface area (TPSA) is 33.3 Å². The van der Waals surface area contributed by atoms with Gasteiger partial charge < -0.3 is 15.4 Å². The molecule has 0 saturated carbocycles.